The number of thiazole rings is 1. The van der Waals surface area contributed by atoms with E-state index in [2.05, 4.69) is 10.3 Å². The number of ether oxygens (including phenoxy) is 2. The smallest absolute Gasteiger partial charge is 0.340 e. The van der Waals surface area contributed by atoms with Crippen LogP contribution < -0.4 is 5.32 Å². The van der Waals surface area contributed by atoms with Crippen LogP contribution in [0.4, 0.5) is 5.13 Å². The van der Waals surface area contributed by atoms with Gasteiger partial charge in [0, 0.05) is 24.0 Å². The van der Waals surface area contributed by atoms with Gasteiger partial charge in [0.05, 0.1) is 34.5 Å². The summed E-state index contributed by atoms with van der Waals surface area (Å²) < 4.78 is 37.5. The fourth-order valence-electron chi connectivity index (χ4n) is 3.36. The number of hydrogen-bond acceptors (Lipinski definition) is 8. The molecule has 1 aliphatic rings. The lowest BCUT2D eigenvalue weighted by Crippen LogP contribution is -2.40. The number of anilines is 1. The topological polar surface area (TPSA) is 115 Å². The average molecular weight is 570 g/mol. The van der Waals surface area contributed by atoms with Gasteiger partial charge < -0.3 is 9.47 Å². The number of carbonyl (C=O) groups is 2. The van der Waals surface area contributed by atoms with Crippen LogP contribution in [-0.2, 0) is 24.3 Å². The van der Waals surface area contributed by atoms with Crippen LogP contribution in [0.2, 0.25) is 10.0 Å². The minimum atomic E-state index is -3.99. The second kappa shape index (κ2) is 11.2. The summed E-state index contributed by atoms with van der Waals surface area (Å²) >= 11 is 13.5. The molecule has 1 aromatic heterocycles. The van der Waals surface area contributed by atoms with Crippen LogP contribution in [0, 0.1) is 6.92 Å². The average Bonchev–Trinajstić information content (AvgIpc) is 3.31. The number of sulfonamides is 1. The van der Waals surface area contributed by atoms with Gasteiger partial charge in [-0.1, -0.05) is 53.0 Å². The van der Waals surface area contributed by atoms with Gasteiger partial charge in [0.25, 0.3) is 5.91 Å². The standard InChI is InChI=1S/C23H21Cl2N3O6S2/c1-14-2-4-15(5-3-14)19-13-35-23(26-19)27-21(29)12-34-22(30)16-10-20(18(25)11-17(16)24)36(31,32)28-6-8-33-9-7-28/h2-5,10-11,13H,6-9,12H2,1H3,(H,26,27,29). The highest BCUT2D eigenvalue weighted by molar-refractivity contribution is 7.89. The lowest BCUT2D eigenvalue weighted by molar-refractivity contribution is -0.119. The third kappa shape index (κ3) is 6.05. The van der Waals surface area contributed by atoms with Crippen LogP contribution in [0.25, 0.3) is 11.3 Å². The van der Waals surface area contributed by atoms with E-state index < -0.39 is 28.5 Å². The number of carbonyl (C=O) groups excluding carboxylic acids is 2. The second-order valence-corrected chi connectivity index (χ2v) is 11.4. The predicted molar refractivity (Wildman–Crippen MR) is 137 cm³/mol. The largest absolute Gasteiger partial charge is 0.452 e. The first-order valence-corrected chi connectivity index (χ1v) is 13.8. The van der Waals surface area contributed by atoms with Gasteiger partial charge in [-0.15, -0.1) is 11.3 Å². The molecule has 13 heteroatoms. The summed E-state index contributed by atoms with van der Waals surface area (Å²) in [6, 6.07) is 10.0. The Hall–Kier alpha value is -2.54. The zero-order chi connectivity index (χ0) is 25.9. The van der Waals surface area contributed by atoms with Crippen molar-refractivity contribution in [2.24, 2.45) is 0 Å². The number of halogens is 2. The first kappa shape index (κ1) is 26.5. The monoisotopic (exact) mass is 569 g/mol. The van der Waals surface area contributed by atoms with Crippen LogP contribution >= 0.6 is 34.5 Å². The number of benzene rings is 2. The van der Waals surface area contributed by atoms with Gasteiger partial charge in [0.15, 0.2) is 11.7 Å². The Morgan fingerprint density at radius 3 is 2.53 bits per heavy atom. The molecule has 2 heterocycles. The first-order valence-electron chi connectivity index (χ1n) is 10.7. The number of nitrogens with one attached hydrogen (secondary N) is 1. The highest BCUT2D eigenvalue weighted by Crippen LogP contribution is 2.31. The van der Waals surface area contributed by atoms with Crippen LogP contribution in [0.1, 0.15) is 15.9 Å². The van der Waals surface area contributed by atoms with Gasteiger partial charge in [0.2, 0.25) is 10.0 Å². The van der Waals surface area contributed by atoms with Gasteiger partial charge in [0.1, 0.15) is 4.90 Å². The summed E-state index contributed by atoms with van der Waals surface area (Å²) in [6.07, 6.45) is 0. The molecular formula is C23H21Cl2N3O6S2. The molecule has 3 aromatic rings. The van der Waals surface area contributed by atoms with E-state index in [0.29, 0.717) is 10.8 Å². The Bertz CT molecular complexity index is 1390. The maximum absolute atomic E-state index is 13.0. The molecule has 0 unspecified atom stereocenters. The molecule has 9 nitrogen and oxygen atoms in total. The van der Waals surface area contributed by atoms with Crippen molar-refractivity contribution < 1.29 is 27.5 Å². The van der Waals surface area contributed by atoms with Gasteiger partial charge in [-0.3, -0.25) is 10.1 Å². The Kier molecular flexibility index (Phi) is 8.28. The third-order valence-electron chi connectivity index (χ3n) is 5.26. The van der Waals surface area contributed by atoms with Crippen molar-refractivity contribution in [3.63, 3.8) is 0 Å². The van der Waals surface area contributed by atoms with Gasteiger partial charge in [-0.05, 0) is 19.1 Å². The van der Waals surface area contributed by atoms with E-state index >= 15 is 0 Å². The molecule has 0 radical (unpaired) electrons. The van der Waals surface area contributed by atoms with E-state index in [1.807, 2.05) is 31.2 Å². The molecule has 0 spiro atoms. The Morgan fingerprint density at radius 2 is 1.83 bits per heavy atom. The number of amides is 1. The van der Waals surface area contributed by atoms with Crippen LogP contribution in [0.5, 0.6) is 0 Å². The molecule has 1 fully saturated rings. The normalized spacial score (nSPS) is 14.4. The Morgan fingerprint density at radius 1 is 1.14 bits per heavy atom. The maximum Gasteiger partial charge on any atom is 0.340 e. The number of rotatable bonds is 7. The van der Waals surface area contributed by atoms with Gasteiger partial charge in [-0.2, -0.15) is 4.31 Å². The van der Waals surface area contributed by atoms with Crippen LogP contribution in [-0.4, -0.2) is 62.5 Å². The van der Waals surface area contributed by atoms with E-state index in [4.69, 9.17) is 32.7 Å². The molecule has 1 N–H and O–H groups in total. The van der Waals surface area contributed by atoms with Crippen molar-refractivity contribution in [2.45, 2.75) is 11.8 Å². The summed E-state index contributed by atoms with van der Waals surface area (Å²) in [4.78, 5) is 29.0. The highest BCUT2D eigenvalue weighted by Gasteiger charge is 2.30. The molecule has 36 heavy (non-hydrogen) atoms. The van der Waals surface area contributed by atoms with Crippen molar-refractivity contribution in [3.05, 3.63) is 63.0 Å². The maximum atomic E-state index is 13.0. The molecule has 0 aliphatic carbocycles. The zero-order valence-electron chi connectivity index (χ0n) is 19.0. The molecule has 1 saturated heterocycles. The van der Waals surface area contributed by atoms with Gasteiger partial charge >= 0.3 is 5.97 Å². The summed E-state index contributed by atoms with van der Waals surface area (Å²) in [5, 5.41) is 4.49. The number of morpholine rings is 1. The molecule has 1 amide bonds. The molecule has 0 bridgehead atoms. The number of esters is 1. The highest BCUT2D eigenvalue weighted by atomic mass is 35.5. The zero-order valence-corrected chi connectivity index (χ0v) is 22.1. The summed E-state index contributed by atoms with van der Waals surface area (Å²) in [5.74, 6) is -1.58. The van der Waals surface area contributed by atoms with E-state index in [-0.39, 0.29) is 46.8 Å². The van der Waals surface area contributed by atoms with Crippen LogP contribution in [0.3, 0.4) is 0 Å². The second-order valence-electron chi connectivity index (χ2n) is 7.81. The lowest BCUT2D eigenvalue weighted by atomic mass is 10.1. The van der Waals surface area contributed by atoms with Crippen molar-refractivity contribution in [3.8, 4) is 11.3 Å². The third-order valence-corrected chi connectivity index (χ3v) is 8.70. The summed E-state index contributed by atoms with van der Waals surface area (Å²) in [5.41, 5.74) is 2.51. The SMILES string of the molecule is Cc1ccc(-c2csc(NC(=O)COC(=O)c3cc(S(=O)(=O)N4CCOCC4)c(Cl)cc3Cl)n2)cc1. The lowest BCUT2D eigenvalue weighted by Gasteiger charge is -2.26. The number of aromatic nitrogens is 1. The first-order chi connectivity index (χ1) is 17.1. The molecule has 4 rings (SSSR count). The van der Waals surface area contributed by atoms with E-state index in [0.717, 1.165) is 23.3 Å². The predicted octanol–water partition coefficient (Wildman–Crippen LogP) is 4.24. The van der Waals surface area contributed by atoms with Crippen molar-refractivity contribution in [1.29, 1.82) is 0 Å². The molecule has 0 atom stereocenters. The number of aryl methyl sites for hydroxylation is 1. The summed E-state index contributed by atoms with van der Waals surface area (Å²) in [7, 11) is -3.99. The van der Waals surface area contributed by atoms with E-state index in [9.17, 15) is 18.0 Å². The fraction of sp³-hybridized carbons (Fsp3) is 0.261. The molecule has 2 aromatic carbocycles. The number of hydrogen-bond donors (Lipinski definition) is 1. The molecule has 0 saturated carbocycles. The minimum Gasteiger partial charge on any atom is -0.452 e. The Balaban J connectivity index is 1.41. The molecule has 1 aliphatic heterocycles. The quantitative estimate of drug-likeness (QED) is 0.423. The van der Waals surface area contributed by atoms with E-state index in [1.54, 1.807) is 5.38 Å². The van der Waals surface area contributed by atoms with Crippen LogP contribution in [0.15, 0.2) is 46.7 Å². The minimum absolute atomic E-state index is 0.103. The van der Waals surface area contributed by atoms with Gasteiger partial charge in [-0.25, -0.2) is 18.2 Å². The van der Waals surface area contributed by atoms with Crippen molar-refractivity contribution in [1.82, 2.24) is 9.29 Å². The van der Waals surface area contributed by atoms with Crippen molar-refractivity contribution >= 4 is 61.6 Å². The summed E-state index contributed by atoms with van der Waals surface area (Å²) in [6.45, 7) is 2.18. The molecular weight excluding hydrogens is 549 g/mol. The fourth-order valence-corrected chi connectivity index (χ4v) is 6.33. The molecule has 190 valence electrons. The van der Waals surface area contributed by atoms with Crippen molar-refractivity contribution in [2.75, 3.05) is 38.2 Å². The number of nitrogens with zero attached hydrogens (tertiary/aromatic N) is 2. The Labute approximate surface area is 222 Å². The van der Waals surface area contributed by atoms with E-state index in [1.165, 1.54) is 15.6 Å².